The van der Waals surface area contributed by atoms with Gasteiger partial charge in [-0.15, -0.1) is 0 Å². The number of azide groups is 1. The van der Waals surface area contributed by atoms with Gasteiger partial charge in [0.2, 0.25) is 5.90 Å². The Kier molecular flexibility index (Phi) is 9.52. The molecule has 1 amide bonds. The van der Waals surface area contributed by atoms with Gasteiger partial charge in [-0.1, -0.05) is 49.1 Å². The Morgan fingerprint density at radius 2 is 2.00 bits per heavy atom. The van der Waals surface area contributed by atoms with Crippen LogP contribution in [-0.2, 0) is 16.0 Å². The Morgan fingerprint density at radius 3 is 2.71 bits per heavy atom. The number of unbranched alkanes of at least 4 members (excludes halogenated alkanes) is 2. The molecule has 2 aromatic rings. The average Bonchev–Trinajstić information content (AvgIpc) is 3.20. The normalized spacial score (nSPS) is 18.8. The van der Waals surface area contributed by atoms with Gasteiger partial charge in [-0.3, -0.25) is 4.79 Å². The Morgan fingerprint density at radius 1 is 1.23 bits per heavy atom. The summed E-state index contributed by atoms with van der Waals surface area (Å²) >= 11 is 0. The first kappa shape index (κ1) is 26.1. The second-order valence-corrected chi connectivity index (χ2v) is 8.51. The molecule has 0 spiro atoms. The van der Waals surface area contributed by atoms with E-state index in [0.29, 0.717) is 36.9 Å². The molecule has 2 N–H and O–H groups in total. The number of nitrogens with zero attached hydrogens (tertiary/aromatic N) is 4. The largest absolute Gasteiger partial charge is 0.494 e. The molecule has 0 aromatic heterocycles. The first-order chi connectivity index (χ1) is 17.0. The molecule has 1 aliphatic rings. The van der Waals surface area contributed by atoms with E-state index in [-0.39, 0.29) is 18.9 Å². The molecule has 0 bridgehead atoms. The summed E-state index contributed by atoms with van der Waals surface area (Å²) < 4.78 is 11.7. The van der Waals surface area contributed by atoms with Gasteiger partial charge < -0.3 is 19.9 Å². The van der Waals surface area contributed by atoms with Gasteiger partial charge in [0, 0.05) is 42.2 Å². The number of aliphatic hydroxyl groups is 1. The molecular weight excluding hydrogens is 446 g/mol. The summed E-state index contributed by atoms with van der Waals surface area (Å²) in [5.74, 6) is 0.845. The van der Waals surface area contributed by atoms with Crippen LogP contribution < -0.4 is 10.1 Å². The summed E-state index contributed by atoms with van der Waals surface area (Å²) in [4.78, 5) is 21.3. The van der Waals surface area contributed by atoms with Crippen molar-refractivity contribution in [3.63, 3.8) is 0 Å². The monoisotopic (exact) mass is 479 g/mol. The van der Waals surface area contributed by atoms with Crippen molar-refractivity contribution in [2.75, 3.05) is 19.8 Å². The summed E-state index contributed by atoms with van der Waals surface area (Å²) in [7, 11) is 0. The molecule has 2 aromatic carbocycles. The third kappa shape index (κ3) is 6.53. The highest BCUT2D eigenvalue weighted by Crippen LogP contribution is 2.35. The number of hydrogen-bond donors (Lipinski definition) is 2. The average molecular weight is 480 g/mol. The van der Waals surface area contributed by atoms with Crippen molar-refractivity contribution >= 4 is 17.5 Å². The van der Waals surface area contributed by atoms with E-state index < -0.39 is 11.6 Å². The number of rotatable bonds is 13. The fraction of sp³-hybridized carbons (Fsp3) is 0.462. The number of aliphatic imine (C=N–C) groups is 1. The number of carbonyl (C=O) groups excluding carboxylic acids is 1. The second-order valence-electron chi connectivity index (χ2n) is 8.51. The zero-order chi connectivity index (χ0) is 25.1. The minimum absolute atomic E-state index is 0.0754. The van der Waals surface area contributed by atoms with Crippen LogP contribution in [0.25, 0.3) is 10.4 Å². The molecule has 186 valence electrons. The van der Waals surface area contributed by atoms with E-state index in [4.69, 9.17) is 25.1 Å². The van der Waals surface area contributed by atoms with Crippen LogP contribution in [0.15, 0.2) is 58.6 Å². The SMILES string of the molecule is CCCCCNC(=O)[C@]1(Cc2ccccc2N=[N+]=[N-])N=C(c2ccc(OCCCO)cc2)O[C@@H]1C. The summed E-state index contributed by atoms with van der Waals surface area (Å²) in [5.41, 5.74) is 9.70. The van der Waals surface area contributed by atoms with Crippen molar-refractivity contribution < 1.29 is 19.4 Å². The van der Waals surface area contributed by atoms with E-state index in [1.165, 1.54) is 0 Å². The number of nitrogens with one attached hydrogen (secondary N) is 1. The topological polar surface area (TPSA) is 129 Å². The van der Waals surface area contributed by atoms with Crippen LogP contribution in [0, 0.1) is 0 Å². The number of hydrogen-bond acceptors (Lipinski definition) is 6. The van der Waals surface area contributed by atoms with Crippen LogP contribution in [-0.4, -0.2) is 48.3 Å². The maximum atomic E-state index is 13.6. The van der Waals surface area contributed by atoms with E-state index in [9.17, 15) is 4.79 Å². The van der Waals surface area contributed by atoms with Gasteiger partial charge in [-0.05, 0) is 48.7 Å². The van der Waals surface area contributed by atoms with Crippen LogP contribution >= 0.6 is 0 Å². The van der Waals surface area contributed by atoms with Gasteiger partial charge in [0.1, 0.15) is 11.9 Å². The van der Waals surface area contributed by atoms with E-state index >= 15 is 0 Å². The molecule has 0 saturated heterocycles. The number of aliphatic hydroxyl groups excluding tert-OH is 1. The van der Waals surface area contributed by atoms with E-state index in [1.807, 2.05) is 43.3 Å². The van der Waals surface area contributed by atoms with E-state index in [2.05, 4.69) is 22.3 Å². The molecular formula is C26H33N5O4. The molecule has 1 heterocycles. The highest BCUT2D eigenvalue weighted by atomic mass is 16.5. The van der Waals surface area contributed by atoms with Crippen molar-refractivity contribution in [1.29, 1.82) is 0 Å². The highest BCUT2D eigenvalue weighted by molar-refractivity contribution is 6.01. The van der Waals surface area contributed by atoms with Crippen molar-refractivity contribution in [1.82, 2.24) is 5.32 Å². The van der Waals surface area contributed by atoms with Crippen LogP contribution in [0.3, 0.4) is 0 Å². The molecule has 0 radical (unpaired) electrons. The molecule has 35 heavy (non-hydrogen) atoms. The Labute approximate surface area is 205 Å². The van der Waals surface area contributed by atoms with Crippen molar-refractivity contribution in [3.05, 3.63) is 70.1 Å². The molecule has 0 aliphatic carbocycles. The van der Waals surface area contributed by atoms with Gasteiger partial charge in [0.05, 0.1) is 6.61 Å². The van der Waals surface area contributed by atoms with E-state index in [1.54, 1.807) is 12.1 Å². The number of carbonyl (C=O) groups is 1. The fourth-order valence-corrected chi connectivity index (χ4v) is 3.97. The fourth-order valence-electron chi connectivity index (χ4n) is 3.97. The molecule has 3 rings (SSSR count). The lowest BCUT2D eigenvalue weighted by atomic mass is 9.85. The van der Waals surface area contributed by atoms with Crippen molar-refractivity contribution in [3.8, 4) is 5.75 Å². The zero-order valence-electron chi connectivity index (χ0n) is 20.3. The first-order valence-corrected chi connectivity index (χ1v) is 12.1. The molecule has 0 unspecified atom stereocenters. The zero-order valence-corrected chi connectivity index (χ0v) is 20.3. The predicted molar refractivity (Wildman–Crippen MR) is 135 cm³/mol. The van der Waals surface area contributed by atoms with Gasteiger partial charge in [-0.25, -0.2) is 4.99 Å². The molecule has 0 saturated carbocycles. The predicted octanol–water partition coefficient (Wildman–Crippen LogP) is 4.84. The van der Waals surface area contributed by atoms with Crippen molar-refractivity contribution in [2.24, 2.45) is 10.1 Å². The van der Waals surface area contributed by atoms with Gasteiger partial charge in [0.15, 0.2) is 5.54 Å². The molecule has 2 atom stereocenters. The minimum atomic E-state index is -1.21. The highest BCUT2D eigenvalue weighted by Gasteiger charge is 2.50. The van der Waals surface area contributed by atoms with Crippen LogP contribution in [0.4, 0.5) is 5.69 Å². The summed E-state index contributed by atoms with van der Waals surface area (Å²) in [6, 6.07) is 14.5. The number of ether oxygens (including phenoxy) is 2. The van der Waals surface area contributed by atoms with Crippen LogP contribution in [0.5, 0.6) is 5.75 Å². The first-order valence-electron chi connectivity index (χ1n) is 12.1. The van der Waals surface area contributed by atoms with Gasteiger partial charge in [-0.2, -0.15) is 0 Å². The summed E-state index contributed by atoms with van der Waals surface area (Å²) in [6.07, 6.45) is 3.22. The molecule has 9 heteroatoms. The van der Waals surface area contributed by atoms with Crippen LogP contribution in [0.1, 0.15) is 50.7 Å². The number of amides is 1. The quantitative estimate of drug-likeness (QED) is 0.184. The molecule has 0 fully saturated rings. The Bertz CT molecular complexity index is 1070. The lowest BCUT2D eigenvalue weighted by molar-refractivity contribution is -0.128. The molecule has 1 aliphatic heterocycles. The minimum Gasteiger partial charge on any atom is -0.494 e. The lowest BCUT2D eigenvalue weighted by Crippen LogP contribution is -2.52. The third-order valence-corrected chi connectivity index (χ3v) is 6.00. The van der Waals surface area contributed by atoms with Crippen molar-refractivity contribution in [2.45, 2.75) is 57.6 Å². The maximum Gasteiger partial charge on any atom is 0.252 e. The summed E-state index contributed by atoms with van der Waals surface area (Å²) in [5, 5.41) is 15.8. The Balaban J connectivity index is 1.91. The summed E-state index contributed by atoms with van der Waals surface area (Å²) in [6.45, 7) is 5.01. The van der Waals surface area contributed by atoms with Gasteiger partial charge in [0.25, 0.3) is 5.91 Å². The van der Waals surface area contributed by atoms with E-state index in [0.717, 1.165) is 30.4 Å². The standard InChI is InChI=1S/C26H33N5O4/c1-3-4-7-15-28-25(33)26(18-21-9-5-6-10-23(21)30-31-27)19(2)35-24(29-26)20-11-13-22(14-12-20)34-17-8-16-32/h5-6,9-14,19,32H,3-4,7-8,15-18H2,1-2H3,(H,28,33)/t19-,26-/m1/s1. The molecule has 9 nitrogen and oxygen atoms in total. The third-order valence-electron chi connectivity index (χ3n) is 6.00. The maximum absolute atomic E-state index is 13.6. The van der Waals surface area contributed by atoms with Crippen LogP contribution in [0.2, 0.25) is 0 Å². The smallest absolute Gasteiger partial charge is 0.252 e. The Hall–Kier alpha value is -3.55. The van der Waals surface area contributed by atoms with Gasteiger partial charge >= 0.3 is 0 Å². The lowest BCUT2D eigenvalue weighted by Gasteiger charge is -2.28. The second kappa shape index (κ2) is 12.8. The number of benzene rings is 2.